The van der Waals surface area contributed by atoms with Gasteiger partial charge in [0.05, 0.1) is 13.2 Å². The third-order valence-electron chi connectivity index (χ3n) is 3.49. The molecule has 0 aromatic heterocycles. The predicted octanol–water partition coefficient (Wildman–Crippen LogP) is 3.50. The van der Waals surface area contributed by atoms with E-state index in [9.17, 15) is 4.79 Å². The lowest BCUT2D eigenvalue weighted by atomic mass is 10.1. The Morgan fingerprint density at radius 2 is 1.83 bits per heavy atom. The molecular weight excluding hydrogens is 290 g/mol. The second kappa shape index (κ2) is 8.34. The molecule has 1 amide bonds. The fourth-order valence-electron chi connectivity index (χ4n) is 2.38. The number of carbonyl (C=O) groups excluding carboxylic acids is 1. The zero-order valence-electron chi connectivity index (χ0n) is 13.9. The standard InChI is InChI=1S/C19H23NO3/c1-4-23-18-10-8-15(9-11-18)13-20(2)19(21)17-7-5-6-16(12-17)14-22-3/h5-12H,4,13-14H2,1-3H3. The van der Waals surface area contributed by atoms with Crippen molar-refractivity contribution in [2.75, 3.05) is 20.8 Å². The van der Waals surface area contributed by atoms with Crippen LogP contribution in [0.25, 0.3) is 0 Å². The van der Waals surface area contributed by atoms with Crippen LogP contribution in [0.3, 0.4) is 0 Å². The highest BCUT2D eigenvalue weighted by Gasteiger charge is 2.12. The molecule has 4 heteroatoms. The Kier molecular flexibility index (Phi) is 6.18. The van der Waals surface area contributed by atoms with Crippen LogP contribution >= 0.6 is 0 Å². The molecule has 122 valence electrons. The summed E-state index contributed by atoms with van der Waals surface area (Å²) >= 11 is 0. The molecule has 2 aromatic carbocycles. The summed E-state index contributed by atoms with van der Waals surface area (Å²) in [5.41, 5.74) is 2.73. The molecule has 0 N–H and O–H groups in total. The first-order chi connectivity index (χ1) is 11.1. The van der Waals surface area contributed by atoms with Crippen LogP contribution in [0, 0.1) is 0 Å². The summed E-state index contributed by atoms with van der Waals surface area (Å²) in [4.78, 5) is 14.2. The zero-order valence-corrected chi connectivity index (χ0v) is 13.9. The Hall–Kier alpha value is -2.33. The monoisotopic (exact) mass is 313 g/mol. The largest absolute Gasteiger partial charge is 0.494 e. The van der Waals surface area contributed by atoms with E-state index in [1.807, 2.05) is 62.5 Å². The summed E-state index contributed by atoms with van der Waals surface area (Å²) in [6.07, 6.45) is 0. The summed E-state index contributed by atoms with van der Waals surface area (Å²) in [5, 5.41) is 0. The van der Waals surface area contributed by atoms with Crippen LogP contribution in [0.5, 0.6) is 5.75 Å². The fourth-order valence-corrected chi connectivity index (χ4v) is 2.38. The number of methoxy groups -OCH3 is 1. The third kappa shape index (κ3) is 4.83. The quantitative estimate of drug-likeness (QED) is 0.785. The van der Waals surface area contributed by atoms with Crippen molar-refractivity contribution in [2.24, 2.45) is 0 Å². The number of hydrogen-bond acceptors (Lipinski definition) is 3. The third-order valence-corrected chi connectivity index (χ3v) is 3.49. The molecule has 2 rings (SSSR count). The van der Waals surface area contributed by atoms with Gasteiger partial charge in [-0.15, -0.1) is 0 Å². The minimum absolute atomic E-state index is 0.00293. The highest BCUT2D eigenvalue weighted by Crippen LogP contribution is 2.15. The Morgan fingerprint density at radius 3 is 2.48 bits per heavy atom. The zero-order chi connectivity index (χ0) is 16.7. The van der Waals surface area contributed by atoms with Gasteiger partial charge in [-0.1, -0.05) is 24.3 Å². The predicted molar refractivity (Wildman–Crippen MR) is 90.6 cm³/mol. The van der Waals surface area contributed by atoms with Gasteiger partial charge >= 0.3 is 0 Å². The maximum absolute atomic E-state index is 12.5. The molecule has 23 heavy (non-hydrogen) atoms. The van der Waals surface area contributed by atoms with Crippen LogP contribution in [0.4, 0.5) is 0 Å². The van der Waals surface area contributed by atoms with E-state index in [0.29, 0.717) is 25.3 Å². The molecule has 0 heterocycles. The van der Waals surface area contributed by atoms with Crippen molar-refractivity contribution in [1.29, 1.82) is 0 Å². The van der Waals surface area contributed by atoms with Gasteiger partial charge in [-0.25, -0.2) is 0 Å². The topological polar surface area (TPSA) is 38.8 Å². The minimum Gasteiger partial charge on any atom is -0.494 e. The van der Waals surface area contributed by atoms with E-state index in [4.69, 9.17) is 9.47 Å². The number of rotatable bonds is 7. The molecule has 0 aliphatic rings. The second-order valence-corrected chi connectivity index (χ2v) is 5.37. The SMILES string of the molecule is CCOc1ccc(CN(C)C(=O)c2cccc(COC)c2)cc1. The van der Waals surface area contributed by atoms with Crippen LogP contribution in [0.2, 0.25) is 0 Å². The van der Waals surface area contributed by atoms with Crippen LogP contribution in [0.1, 0.15) is 28.4 Å². The second-order valence-electron chi connectivity index (χ2n) is 5.37. The van der Waals surface area contributed by atoms with E-state index in [1.165, 1.54) is 0 Å². The van der Waals surface area contributed by atoms with Crippen molar-refractivity contribution in [3.63, 3.8) is 0 Å². The highest BCUT2D eigenvalue weighted by molar-refractivity contribution is 5.94. The number of carbonyl (C=O) groups is 1. The molecular formula is C19H23NO3. The van der Waals surface area contributed by atoms with E-state index in [0.717, 1.165) is 16.9 Å². The molecule has 0 bridgehead atoms. The van der Waals surface area contributed by atoms with Crippen LogP contribution in [0.15, 0.2) is 48.5 Å². The van der Waals surface area contributed by atoms with Crippen LogP contribution in [-0.4, -0.2) is 31.6 Å². The number of ether oxygens (including phenoxy) is 2. The number of nitrogens with zero attached hydrogens (tertiary/aromatic N) is 1. The highest BCUT2D eigenvalue weighted by atomic mass is 16.5. The van der Waals surface area contributed by atoms with Gasteiger partial charge in [-0.05, 0) is 42.3 Å². The molecule has 2 aromatic rings. The first-order valence-electron chi connectivity index (χ1n) is 7.69. The van der Waals surface area contributed by atoms with E-state index < -0.39 is 0 Å². The molecule has 0 unspecified atom stereocenters. The fraction of sp³-hybridized carbons (Fsp3) is 0.316. The lowest BCUT2D eigenvalue weighted by molar-refractivity contribution is 0.0784. The van der Waals surface area contributed by atoms with Crippen LogP contribution < -0.4 is 4.74 Å². The van der Waals surface area contributed by atoms with E-state index in [1.54, 1.807) is 12.0 Å². The Labute approximate surface area is 137 Å². The van der Waals surface area contributed by atoms with Crippen molar-refractivity contribution < 1.29 is 14.3 Å². The number of hydrogen-bond donors (Lipinski definition) is 0. The number of amides is 1. The minimum atomic E-state index is -0.00293. The van der Waals surface area contributed by atoms with Gasteiger partial charge in [-0.2, -0.15) is 0 Å². The van der Waals surface area contributed by atoms with Gasteiger partial charge in [-0.3, -0.25) is 4.79 Å². The van der Waals surface area contributed by atoms with Gasteiger partial charge in [0, 0.05) is 26.3 Å². The van der Waals surface area contributed by atoms with Gasteiger partial charge in [0.15, 0.2) is 0 Å². The lowest BCUT2D eigenvalue weighted by Gasteiger charge is -2.18. The molecule has 0 aliphatic carbocycles. The number of benzene rings is 2. The average molecular weight is 313 g/mol. The maximum atomic E-state index is 12.5. The maximum Gasteiger partial charge on any atom is 0.253 e. The summed E-state index contributed by atoms with van der Waals surface area (Å²) in [6.45, 7) is 3.66. The normalized spacial score (nSPS) is 10.4. The van der Waals surface area contributed by atoms with Gasteiger partial charge in [0.1, 0.15) is 5.75 Å². The van der Waals surface area contributed by atoms with Crippen molar-refractivity contribution >= 4 is 5.91 Å². The van der Waals surface area contributed by atoms with E-state index in [-0.39, 0.29) is 5.91 Å². The molecule has 0 spiro atoms. The summed E-state index contributed by atoms with van der Waals surface area (Å²) in [6, 6.07) is 15.4. The van der Waals surface area contributed by atoms with Crippen LogP contribution in [-0.2, 0) is 17.9 Å². The smallest absolute Gasteiger partial charge is 0.253 e. The van der Waals surface area contributed by atoms with Gasteiger partial charge in [0.25, 0.3) is 5.91 Å². The molecule has 4 nitrogen and oxygen atoms in total. The molecule has 0 aliphatic heterocycles. The first kappa shape index (κ1) is 17.0. The summed E-state index contributed by atoms with van der Waals surface area (Å²) in [5.74, 6) is 0.842. The van der Waals surface area contributed by atoms with Crippen molar-refractivity contribution in [1.82, 2.24) is 4.90 Å². The summed E-state index contributed by atoms with van der Waals surface area (Å²) < 4.78 is 10.5. The van der Waals surface area contributed by atoms with Crippen molar-refractivity contribution in [3.8, 4) is 5.75 Å². The first-order valence-corrected chi connectivity index (χ1v) is 7.69. The lowest BCUT2D eigenvalue weighted by Crippen LogP contribution is -2.26. The molecule has 0 saturated heterocycles. The Balaban J connectivity index is 2.03. The molecule has 0 fully saturated rings. The summed E-state index contributed by atoms with van der Waals surface area (Å²) in [7, 11) is 3.45. The van der Waals surface area contributed by atoms with E-state index in [2.05, 4.69) is 0 Å². The molecule has 0 saturated carbocycles. The van der Waals surface area contributed by atoms with Gasteiger partial charge in [0.2, 0.25) is 0 Å². The van der Waals surface area contributed by atoms with Crippen molar-refractivity contribution in [2.45, 2.75) is 20.1 Å². The Morgan fingerprint density at radius 1 is 1.09 bits per heavy atom. The molecule has 0 atom stereocenters. The van der Waals surface area contributed by atoms with E-state index >= 15 is 0 Å². The average Bonchev–Trinajstić information content (AvgIpc) is 2.57. The van der Waals surface area contributed by atoms with Gasteiger partial charge < -0.3 is 14.4 Å². The van der Waals surface area contributed by atoms with Crippen molar-refractivity contribution in [3.05, 3.63) is 65.2 Å². The Bertz CT molecular complexity index is 637. The molecule has 0 radical (unpaired) electrons.